The summed E-state index contributed by atoms with van der Waals surface area (Å²) in [5.74, 6) is 1.83. The highest BCUT2D eigenvalue weighted by Crippen LogP contribution is 2.30. The average molecular weight is 392 g/mol. The Kier molecular flexibility index (Phi) is 5.25. The second-order valence-electron chi connectivity index (χ2n) is 7.32. The molecule has 1 fully saturated rings. The first-order valence-electron chi connectivity index (χ1n) is 9.69. The van der Waals surface area contributed by atoms with Crippen molar-refractivity contribution in [2.75, 3.05) is 26.1 Å². The van der Waals surface area contributed by atoms with Crippen molar-refractivity contribution in [3.63, 3.8) is 0 Å². The molecule has 1 N–H and O–H groups in total. The smallest absolute Gasteiger partial charge is 0.258 e. The fourth-order valence-electron chi connectivity index (χ4n) is 3.42. The van der Waals surface area contributed by atoms with E-state index in [-0.39, 0.29) is 17.3 Å². The lowest BCUT2D eigenvalue weighted by Crippen LogP contribution is -2.21. The van der Waals surface area contributed by atoms with Gasteiger partial charge >= 0.3 is 0 Å². The Morgan fingerprint density at radius 3 is 2.66 bits per heavy atom. The summed E-state index contributed by atoms with van der Waals surface area (Å²) in [6, 6.07) is 13.1. The molecule has 1 saturated carbocycles. The van der Waals surface area contributed by atoms with E-state index in [9.17, 15) is 9.59 Å². The number of nitrogens with one attached hydrogen (secondary N) is 1. The molecule has 6 nitrogen and oxygen atoms in total. The molecule has 0 saturated heterocycles. The second kappa shape index (κ2) is 7.99. The van der Waals surface area contributed by atoms with Gasteiger partial charge in [-0.2, -0.15) is 0 Å². The van der Waals surface area contributed by atoms with Gasteiger partial charge in [0.15, 0.2) is 5.78 Å². The molecule has 1 aliphatic rings. The van der Waals surface area contributed by atoms with Crippen LogP contribution in [0.15, 0.2) is 53.5 Å². The minimum Gasteiger partial charge on any atom is -0.497 e. The first-order valence-corrected chi connectivity index (χ1v) is 9.69. The summed E-state index contributed by atoms with van der Waals surface area (Å²) in [5, 5.41) is 4.64. The Balaban J connectivity index is 1.61. The van der Waals surface area contributed by atoms with Crippen LogP contribution in [0.25, 0.3) is 10.8 Å². The Hall–Kier alpha value is -3.28. The average Bonchev–Trinajstić information content (AvgIpc) is 3.60. The summed E-state index contributed by atoms with van der Waals surface area (Å²) in [4.78, 5) is 25.0. The lowest BCUT2D eigenvalue weighted by molar-refractivity contribution is -0.118. The van der Waals surface area contributed by atoms with Crippen LogP contribution in [0.3, 0.4) is 0 Å². The molecule has 0 amide bonds. The number of hydrogen-bond acceptors (Lipinski definition) is 5. The van der Waals surface area contributed by atoms with Crippen molar-refractivity contribution in [3.8, 4) is 11.5 Å². The molecule has 6 heteroatoms. The van der Waals surface area contributed by atoms with Crippen molar-refractivity contribution in [2.24, 2.45) is 5.92 Å². The highest BCUT2D eigenvalue weighted by atomic mass is 16.5. The zero-order valence-electron chi connectivity index (χ0n) is 16.6. The third-order valence-corrected chi connectivity index (χ3v) is 5.31. The fraction of sp³-hybridized carbons (Fsp3) is 0.304. The third kappa shape index (κ3) is 4.11. The summed E-state index contributed by atoms with van der Waals surface area (Å²) >= 11 is 0. The van der Waals surface area contributed by atoms with E-state index in [0.717, 1.165) is 29.5 Å². The SMILES string of the molecule is COc1ccc(Cn2ccc3ccc(NCC(=O)C4CC4)cc3c2=O)c(OC)c1. The molecule has 0 spiro atoms. The fourth-order valence-corrected chi connectivity index (χ4v) is 3.42. The number of benzene rings is 2. The molecule has 0 atom stereocenters. The maximum absolute atomic E-state index is 13.1. The number of ether oxygens (including phenoxy) is 2. The number of Topliss-reactive ketones (excluding diaryl/α,β-unsaturated/α-hetero) is 1. The maximum atomic E-state index is 13.1. The molecular formula is C23H24N2O4. The van der Waals surface area contributed by atoms with Crippen LogP contribution < -0.4 is 20.3 Å². The normalized spacial score (nSPS) is 13.3. The summed E-state index contributed by atoms with van der Waals surface area (Å²) in [7, 11) is 3.20. The molecule has 3 aromatic rings. The molecule has 1 aliphatic carbocycles. The number of carbonyl (C=O) groups excluding carboxylic acids is 1. The van der Waals surface area contributed by atoms with E-state index in [1.165, 1.54) is 0 Å². The Morgan fingerprint density at radius 1 is 1.10 bits per heavy atom. The highest BCUT2D eigenvalue weighted by molar-refractivity contribution is 5.89. The molecule has 29 heavy (non-hydrogen) atoms. The van der Waals surface area contributed by atoms with Crippen LogP contribution >= 0.6 is 0 Å². The first kappa shape index (κ1) is 19.1. The number of fused-ring (bicyclic) bond motifs is 1. The van der Waals surface area contributed by atoms with E-state index in [4.69, 9.17) is 9.47 Å². The van der Waals surface area contributed by atoms with Gasteiger partial charge in [0.25, 0.3) is 5.56 Å². The Labute approximate surface area is 169 Å². The van der Waals surface area contributed by atoms with E-state index in [0.29, 0.717) is 30.0 Å². The molecule has 0 radical (unpaired) electrons. The maximum Gasteiger partial charge on any atom is 0.258 e. The van der Waals surface area contributed by atoms with Crippen LogP contribution in [-0.2, 0) is 11.3 Å². The van der Waals surface area contributed by atoms with Crippen molar-refractivity contribution < 1.29 is 14.3 Å². The van der Waals surface area contributed by atoms with Gasteiger partial charge < -0.3 is 19.4 Å². The van der Waals surface area contributed by atoms with Gasteiger partial charge in [-0.1, -0.05) is 6.07 Å². The van der Waals surface area contributed by atoms with Gasteiger partial charge in [-0.3, -0.25) is 9.59 Å². The number of anilines is 1. The van der Waals surface area contributed by atoms with Crippen LogP contribution in [0.4, 0.5) is 5.69 Å². The number of carbonyl (C=O) groups is 1. The molecule has 4 rings (SSSR count). The summed E-state index contributed by atoms with van der Waals surface area (Å²) < 4.78 is 12.3. The van der Waals surface area contributed by atoms with E-state index in [1.54, 1.807) is 31.0 Å². The Morgan fingerprint density at radius 2 is 1.93 bits per heavy atom. The van der Waals surface area contributed by atoms with Gasteiger partial charge in [0.05, 0.1) is 27.3 Å². The molecule has 1 heterocycles. The zero-order valence-corrected chi connectivity index (χ0v) is 16.6. The molecule has 1 aromatic heterocycles. The quantitative estimate of drug-likeness (QED) is 0.636. The van der Waals surface area contributed by atoms with Crippen molar-refractivity contribution in [1.82, 2.24) is 4.57 Å². The summed E-state index contributed by atoms with van der Waals surface area (Å²) in [6.45, 7) is 0.694. The molecule has 2 aromatic carbocycles. The van der Waals surface area contributed by atoms with Crippen LogP contribution in [0, 0.1) is 5.92 Å². The molecular weight excluding hydrogens is 368 g/mol. The van der Waals surface area contributed by atoms with Gasteiger partial charge in [0.1, 0.15) is 11.5 Å². The monoisotopic (exact) mass is 392 g/mol. The summed E-state index contributed by atoms with van der Waals surface area (Å²) in [6.07, 6.45) is 3.79. The number of rotatable bonds is 8. The van der Waals surface area contributed by atoms with Crippen molar-refractivity contribution in [2.45, 2.75) is 19.4 Å². The number of hydrogen-bond donors (Lipinski definition) is 1. The minimum atomic E-state index is -0.0856. The number of pyridine rings is 1. The van der Waals surface area contributed by atoms with Gasteiger partial charge in [0.2, 0.25) is 0 Å². The zero-order chi connectivity index (χ0) is 20.4. The van der Waals surface area contributed by atoms with Crippen molar-refractivity contribution in [1.29, 1.82) is 0 Å². The van der Waals surface area contributed by atoms with Crippen molar-refractivity contribution >= 4 is 22.2 Å². The number of nitrogens with zero attached hydrogens (tertiary/aromatic N) is 1. The largest absolute Gasteiger partial charge is 0.497 e. The molecule has 0 aliphatic heterocycles. The highest BCUT2D eigenvalue weighted by Gasteiger charge is 2.28. The van der Waals surface area contributed by atoms with Gasteiger partial charge in [-0.15, -0.1) is 0 Å². The van der Waals surface area contributed by atoms with Crippen LogP contribution in [-0.4, -0.2) is 31.1 Å². The third-order valence-electron chi connectivity index (χ3n) is 5.31. The van der Waals surface area contributed by atoms with Crippen LogP contribution in [0.5, 0.6) is 11.5 Å². The molecule has 0 unspecified atom stereocenters. The number of methoxy groups -OCH3 is 2. The number of aromatic nitrogens is 1. The predicted molar refractivity (Wildman–Crippen MR) is 113 cm³/mol. The molecule has 150 valence electrons. The lowest BCUT2D eigenvalue weighted by Gasteiger charge is -2.13. The topological polar surface area (TPSA) is 69.6 Å². The van der Waals surface area contributed by atoms with E-state index in [2.05, 4.69) is 5.32 Å². The molecule has 0 bridgehead atoms. The minimum absolute atomic E-state index is 0.0856. The number of ketones is 1. The van der Waals surface area contributed by atoms with Gasteiger partial charge in [-0.05, 0) is 48.6 Å². The van der Waals surface area contributed by atoms with Gasteiger partial charge in [0, 0.05) is 34.8 Å². The van der Waals surface area contributed by atoms with Crippen LogP contribution in [0.2, 0.25) is 0 Å². The van der Waals surface area contributed by atoms with E-state index < -0.39 is 0 Å². The van der Waals surface area contributed by atoms with Crippen molar-refractivity contribution in [3.05, 3.63) is 64.6 Å². The Bertz CT molecular complexity index is 1120. The lowest BCUT2D eigenvalue weighted by atomic mass is 10.1. The van der Waals surface area contributed by atoms with Crippen LogP contribution in [0.1, 0.15) is 18.4 Å². The summed E-state index contributed by atoms with van der Waals surface area (Å²) in [5.41, 5.74) is 1.58. The standard InChI is InChI=1S/C23H24N2O4/c1-28-19-8-6-17(22(12-19)29-2)14-25-10-9-15-5-7-18(11-20(15)23(25)27)24-13-21(26)16-3-4-16/h5-12,16,24H,3-4,13-14H2,1-2H3. The second-order valence-corrected chi connectivity index (χ2v) is 7.32. The van der Waals surface area contributed by atoms with E-state index >= 15 is 0 Å². The predicted octanol–water partition coefficient (Wildman–Crippen LogP) is 3.46. The van der Waals surface area contributed by atoms with E-state index in [1.807, 2.05) is 36.4 Å². The van der Waals surface area contributed by atoms with Gasteiger partial charge in [-0.25, -0.2) is 0 Å². The first-order chi connectivity index (χ1) is 14.1.